The Morgan fingerprint density at radius 3 is 2.69 bits per heavy atom. The van der Waals surface area contributed by atoms with E-state index in [-0.39, 0.29) is 31.2 Å². The molecule has 0 saturated heterocycles. The average Bonchev–Trinajstić information content (AvgIpc) is 2.87. The molecule has 1 aromatic carbocycles. The summed E-state index contributed by atoms with van der Waals surface area (Å²) in [5.41, 5.74) is 0.427. The van der Waals surface area contributed by atoms with E-state index in [0.29, 0.717) is 13.1 Å². The molecule has 0 unspecified atom stereocenters. The van der Waals surface area contributed by atoms with Crippen molar-refractivity contribution >= 4 is 22.8 Å². The minimum Gasteiger partial charge on any atom is -0.353 e. The van der Waals surface area contributed by atoms with Gasteiger partial charge in [0.2, 0.25) is 11.8 Å². The third kappa shape index (κ3) is 5.54. The van der Waals surface area contributed by atoms with Crippen LogP contribution in [0.2, 0.25) is 0 Å². The van der Waals surface area contributed by atoms with Gasteiger partial charge in [-0.25, -0.2) is 9.37 Å². The van der Waals surface area contributed by atoms with E-state index < -0.39 is 5.67 Å². The lowest BCUT2D eigenvalue weighted by Gasteiger charge is -2.20. The second kappa shape index (κ2) is 8.29. The number of nitrogens with zero attached hydrogens (tertiary/aromatic N) is 3. The van der Waals surface area contributed by atoms with Crippen LogP contribution < -0.4 is 5.32 Å². The van der Waals surface area contributed by atoms with E-state index in [1.807, 2.05) is 35.8 Å². The second-order valence-electron chi connectivity index (χ2n) is 7.12. The average molecular weight is 362 g/mol. The summed E-state index contributed by atoms with van der Waals surface area (Å²) in [5, 5.41) is 2.82. The number of halogens is 1. The topological polar surface area (TPSA) is 67.2 Å². The number of rotatable bonds is 8. The first kappa shape index (κ1) is 19.9. The molecule has 0 aliphatic heterocycles. The number of aryl methyl sites for hydroxylation is 1. The van der Waals surface area contributed by atoms with E-state index in [2.05, 4.69) is 10.3 Å². The van der Waals surface area contributed by atoms with Crippen LogP contribution in [0, 0.1) is 6.92 Å². The van der Waals surface area contributed by atoms with Crippen LogP contribution >= 0.6 is 0 Å². The summed E-state index contributed by atoms with van der Waals surface area (Å²) in [7, 11) is 1.66. The van der Waals surface area contributed by atoms with Crippen molar-refractivity contribution in [2.45, 2.75) is 45.8 Å². The molecule has 1 aromatic heterocycles. The fourth-order valence-corrected chi connectivity index (χ4v) is 2.68. The van der Waals surface area contributed by atoms with Crippen LogP contribution in [-0.4, -0.2) is 52.1 Å². The summed E-state index contributed by atoms with van der Waals surface area (Å²) >= 11 is 0. The lowest BCUT2D eigenvalue weighted by atomic mass is 10.0. The van der Waals surface area contributed by atoms with Crippen LogP contribution in [0.3, 0.4) is 0 Å². The summed E-state index contributed by atoms with van der Waals surface area (Å²) in [5.74, 6) is 0.519. The molecule has 2 amide bonds. The first-order valence-electron chi connectivity index (χ1n) is 8.79. The molecule has 0 spiro atoms. The molecule has 7 heteroatoms. The predicted octanol–water partition coefficient (Wildman–Crippen LogP) is 2.45. The molecule has 0 saturated carbocycles. The monoisotopic (exact) mass is 362 g/mol. The number of carbonyl (C=O) groups is 2. The molecular weight excluding hydrogens is 335 g/mol. The van der Waals surface area contributed by atoms with Gasteiger partial charge in [0.15, 0.2) is 0 Å². The molecule has 142 valence electrons. The number of nitrogens with one attached hydrogen (secondary N) is 1. The van der Waals surface area contributed by atoms with Gasteiger partial charge in [-0.1, -0.05) is 12.1 Å². The molecule has 1 N–H and O–H groups in total. The Bertz CT molecular complexity index is 779. The first-order chi connectivity index (χ1) is 12.2. The summed E-state index contributed by atoms with van der Waals surface area (Å²) in [6.45, 7) is 5.71. The minimum absolute atomic E-state index is 0.124. The molecular formula is C19H27FN4O2. The molecule has 1 heterocycles. The number of benzene rings is 1. The van der Waals surface area contributed by atoms with Gasteiger partial charge in [-0.3, -0.25) is 9.59 Å². The van der Waals surface area contributed by atoms with Gasteiger partial charge in [0, 0.05) is 26.6 Å². The number of imidazole rings is 1. The van der Waals surface area contributed by atoms with E-state index in [9.17, 15) is 14.0 Å². The maximum Gasteiger partial charge on any atom is 0.240 e. The number of fused-ring (bicyclic) bond motifs is 1. The van der Waals surface area contributed by atoms with Crippen molar-refractivity contribution in [3.8, 4) is 0 Å². The number of carbonyl (C=O) groups excluding carboxylic acids is 2. The Morgan fingerprint density at radius 1 is 1.31 bits per heavy atom. The van der Waals surface area contributed by atoms with Crippen LogP contribution in [0.5, 0.6) is 0 Å². The molecule has 2 rings (SSSR count). The van der Waals surface area contributed by atoms with Crippen LogP contribution in [0.15, 0.2) is 24.3 Å². The SMILES string of the molecule is Cc1nc2ccccc2n1CC(=O)NCCN(C)C(=O)CCC(C)(C)F. The first-order valence-corrected chi connectivity index (χ1v) is 8.79. The van der Waals surface area contributed by atoms with Crippen LogP contribution in [0.25, 0.3) is 11.0 Å². The van der Waals surface area contributed by atoms with Gasteiger partial charge in [-0.2, -0.15) is 0 Å². The summed E-state index contributed by atoms with van der Waals surface area (Å²) in [4.78, 5) is 30.1. The Balaban J connectivity index is 1.80. The van der Waals surface area contributed by atoms with Crippen molar-refractivity contribution in [3.05, 3.63) is 30.1 Å². The maximum atomic E-state index is 13.5. The smallest absolute Gasteiger partial charge is 0.240 e. The number of likely N-dealkylation sites (N-methyl/N-ethyl adjacent to an activating group) is 1. The Kier molecular flexibility index (Phi) is 6.34. The van der Waals surface area contributed by atoms with Crippen molar-refractivity contribution < 1.29 is 14.0 Å². The lowest BCUT2D eigenvalue weighted by Crippen LogP contribution is -2.37. The third-order valence-corrected chi connectivity index (χ3v) is 4.28. The molecule has 0 fully saturated rings. The summed E-state index contributed by atoms with van der Waals surface area (Å²) in [6.07, 6.45) is 0.351. The van der Waals surface area contributed by atoms with Crippen molar-refractivity contribution in [1.82, 2.24) is 19.8 Å². The predicted molar refractivity (Wildman–Crippen MR) is 99.5 cm³/mol. The lowest BCUT2D eigenvalue weighted by molar-refractivity contribution is -0.131. The van der Waals surface area contributed by atoms with Gasteiger partial charge in [-0.05, 0) is 39.3 Å². The molecule has 0 bridgehead atoms. The van der Waals surface area contributed by atoms with E-state index in [1.54, 1.807) is 7.05 Å². The number of aromatic nitrogens is 2. The number of para-hydroxylation sites is 2. The minimum atomic E-state index is -1.35. The van der Waals surface area contributed by atoms with Crippen molar-refractivity contribution in [1.29, 1.82) is 0 Å². The van der Waals surface area contributed by atoms with Gasteiger partial charge in [0.25, 0.3) is 0 Å². The molecule has 0 radical (unpaired) electrons. The van der Waals surface area contributed by atoms with Crippen molar-refractivity contribution in [3.63, 3.8) is 0 Å². The highest BCUT2D eigenvalue weighted by Crippen LogP contribution is 2.16. The molecule has 0 atom stereocenters. The van der Waals surface area contributed by atoms with Gasteiger partial charge in [0.1, 0.15) is 18.0 Å². The normalized spacial score (nSPS) is 11.6. The van der Waals surface area contributed by atoms with Crippen LogP contribution in [-0.2, 0) is 16.1 Å². The van der Waals surface area contributed by atoms with Gasteiger partial charge >= 0.3 is 0 Å². The molecule has 6 nitrogen and oxygen atoms in total. The largest absolute Gasteiger partial charge is 0.353 e. The van der Waals surface area contributed by atoms with Gasteiger partial charge < -0.3 is 14.8 Å². The van der Waals surface area contributed by atoms with Crippen molar-refractivity contribution in [2.75, 3.05) is 20.1 Å². The molecule has 2 aromatic rings. The Hall–Kier alpha value is -2.44. The zero-order chi connectivity index (χ0) is 19.3. The van der Waals surface area contributed by atoms with Gasteiger partial charge in [0.05, 0.1) is 11.0 Å². The number of amides is 2. The standard InChI is InChI=1S/C19H27FN4O2/c1-14-22-15-7-5-6-8-16(15)24(14)13-17(25)21-11-12-23(4)18(26)9-10-19(2,3)20/h5-8H,9-13H2,1-4H3,(H,21,25). The molecule has 26 heavy (non-hydrogen) atoms. The Morgan fingerprint density at radius 2 is 2.00 bits per heavy atom. The van der Waals surface area contributed by atoms with Crippen LogP contribution in [0.1, 0.15) is 32.5 Å². The summed E-state index contributed by atoms with van der Waals surface area (Å²) in [6, 6.07) is 7.67. The van der Waals surface area contributed by atoms with Crippen LogP contribution in [0.4, 0.5) is 4.39 Å². The maximum absolute atomic E-state index is 13.5. The van der Waals surface area contributed by atoms with E-state index >= 15 is 0 Å². The zero-order valence-corrected chi connectivity index (χ0v) is 15.9. The van der Waals surface area contributed by atoms with Gasteiger partial charge in [-0.15, -0.1) is 0 Å². The highest BCUT2D eigenvalue weighted by molar-refractivity contribution is 5.81. The van der Waals surface area contributed by atoms with E-state index in [4.69, 9.17) is 0 Å². The van der Waals surface area contributed by atoms with E-state index in [0.717, 1.165) is 16.9 Å². The number of hydrogen-bond donors (Lipinski definition) is 1. The van der Waals surface area contributed by atoms with E-state index in [1.165, 1.54) is 18.7 Å². The Labute approximate surface area is 153 Å². The highest BCUT2D eigenvalue weighted by Gasteiger charge is 2.19. The quantitative estimate of drug-likeness (QED) is 0.784. The third-order valence-electron chi connectivity index (χ3n) is 4.28. The van der Waals surface area contributed by atoms with Crippen molar-refractivity contribution in [2.24, 2.45) is 0 Å². The fraction of sp³-hybridized carbons (Fsp3) is 0.526. The number of hydrogen-bond acceptors (Lipinski definition) is 3. The molecule has 0 aliphatic rings. The fourth-order valence-electron chi connectivity index (χ4n) is 2.68. The number of alkyl halides is 1. The molecule has 0 aliphatic carbocycles. The second-order valence-corrected chi connectivity index (χ2v) is 7.12. The zero-order valence-electron chi connectivity index (χ0n) is 15.9. The highest BCUT2D eigenvalue weighted by atomic mass is 19.1. The summed E-state index contributed by atoms with van der Waals surface area (Å²) < 4.78 is 15.3.